The minimum atomic E-state index is -3.99. The fourth-order valence-corrected chi connectivity index (χ4v) is 6.59. The van der Waals surface area contributed by atoms with Gasteiger partial charge in [-0.2, -0.15) is 13.1 Å². The Morgan fingerprint density at radius 1 is 1.03 bits per heavy atom. The molecule has 0 aromatic heterocycles. The molecule has 3 rings (SSSR count). The van der Waals surface area contributed by atoms with Crippen LogP contribution >= 0.6 is 0 Å². The first-order chi connectivity index (χ1) is 16.5. The van der Waals surface area contributed by atoms with Crippen molar-refractivity contribution in [2.45, 2.75) is 41.8 Å². The lowest BCUT2D eigenvalue weighted by Gasteiger charge is -2.38. The van der Waals surface area contributed by atoms with E-state index in [4.69, 9.17) is 4.74 Å². The molecule has 8 nitrogen and oxygen atoms in total. The first kappa shape index (κ1) is 27.5. The van der Waals surface area contributed by atoms with E-state index < -0.39 is 26.5 Å². The number of likely N-dealkylation sites (tertiary alicyclic amines) is 1. The van der Waals surface area contributed by atoms with Crippen LogP contribution in [0.2, 0.25) is 0 Å². The molecule has 1 fully saturated rings. The number of sulfone groups is 1. The van der Waals surface area contributed by atoms with Gasteiger partial charge in [0, 0.05) is 51.1 Å². The molecule has 12 heteroatoms. The highest BCUT2D eigenvalue weighted by molar-refractivity contribution is 7.91. The minimum absolute atomic E-state index is 0.0650. The predicted molar refractivity (Wildman–Crippen MR) is 127 cm³/mol. The Kier molecular flexibility index (Phi) is 9.22. The Morgan fingerprint density at radius 3 is 2.31 bits per heavy atom. The van der Waals surface area contributed by atoms with Crippen LogP contribution in [-0.2, 0) is 31.1 Å². The summed E-state index contributed by atoms with van der Waals surface area (Å²) < 4.78 is 87.5. The van der Waals surface area contributed by atoms with E-state index in [0.717, 1.165) is 6.26 Å². The molecule has 0 aliphatic carbocycles. The lowest BCUT2D eigenvalue weighted by molar-refractivity contribution is -0.0508. The zero-order valence-corrected chi connectivity index (χ0v) is 21.3. The van der Waals surface area contributed by atoms with Crippen molar-refractivity contribution in [2.24, 2.45) is 0 Å². The molecule has 1 saturated heterocycles. The number of methoxy groups -OCH3 is 1. The van der Waals surface area contributed by atoms with Crippen molar-refractivity contribution in [2.75, 3.05) is 39.6 Å². The quantitative estimate of drug-likeness (QED) is 0.439. The second-order valence-electron chi connectivity index (χ2n) is 8.35. The summed E-state index contributed by atoms with van der Waals surface area (Å²) in [7, 11) is -6.08. The van der Waals surface area contributed by atoms with Crippen molar-refractivity contribution in [3.05, 3.63) is 54.1 Å². The zero-order valence-electron chi connectivity index (χ0n) is 19.6. The van der Waals surface area contributed by atoms with Crippen LogP contribution in [0.15, 0.2) is 58.3 Å². The molecule has 35 heavy (non-hydrogen) atoms. The number of hydrogen-bond acceptors (Lipinski definition) is 7. The Labute approximate surface area is 205 Å². The molecule has 2 aromatic rings. The van der Waals surface area contributed by atoms with Gasteiger partial charge in [-0.1, -0.05) is 24.3 Å². The van der Waals surface area contributed by atoms with Crippen LogP contribution < -0.4 is 4.74 Å². The highest BCUT2D eigenvalue weighted by Crippen LogP contribution is 2.28. The first-order valence-corrected chi connectivity index (χ1v) is 14.4. The molecule has 0 saturated carbocycles. The Hall–Kier alpha value is -2.12. The highest BCUT2D eigenvalue weighted by Gasteiger charge is 2.34. The average Bonchev–Trinajstić information content (AvgIpc) is 2.81. The van der Waals surface area contributed by atoms with E-state index in [-0.39, 0.29) is 34.7 Å². The maximum atomic E-state index is 13.5. The Bertz CT molecular complexity index is 1200. The van der Waals surface area contributed by atoms with E-state index in [1.54, 1.807) is 18.2 Å². The second-order valence-corrected chi connectivity index (χ2v) is 12.3. The monoisotopic (exact) mass is 532 g/mol. The molecular formula is C23H30F2N2O6S2. The molecule has 0 spiro atoms. The average molecular weight is 533 g/mol. The minimum Gasteiger partial charge on any atom is -0.434 e. The fourth-order valence-electron chi connectivity index (χ4n) is 4.13. The standard InChI is InChI=1S/C23H30F2N2O6S2/c1-32-15-14-27(35(30,31)21-8-5-7-20(16-21)34(2,28)29)19-10-12-26(13-11-19)17-18-6-3-4-9-22(18)33-23(24)25/h3-9,16,19,23H,10-15,17H2,1-2H3. The third-order valence-electron chi connectivity index (χ3n) is 5.90. The number of nitrogens with zero attached hydrogens (tertiary/aromatic N) is 2. The van der Waals surface area contributed by atoms with Gasteiger partial charge in [-0.15, -0.1) is 0 Å². The summed E-state index contributed by atoms with van der Waals surface area (Å²) >= 11 is 0. The van der Waals surface area contributed by atoms with Gasteiger partial charge < -0.3 is 9.47 Å². The molecule has 0 radical (unpaired) electrons. The summed E-state index contributed by atoms with van der Waals surface area (Å²) in [4.78, 5) is 1.91. The normalized spacial score (nSPS) is 16.2. The first-order valence-electron chi connectivity index (χ1n) is 11.1. The fraction of sp³-hybridized carbons (Fsp3) is 0.478. The van der Waals surface area contributed by atoms with Crippen molar-refractivity contribution in [3.63, 3.8) is 0 Å². The molecule has 0 unspecified atom stereocenters. The van der Waals surface area contributed by atoms with E-state index in [9.17, 15) is 25.6 Å². The molecule has 194 valence electrons. The molecule has 1 heterocycles. The topological polar surface area (TPSA) is 93.2 Å². The number of ether oxygens (including phenoxy) is 2. The van der Waals surface area contributed by atoms with Gasteiger partial charge in [0.25, 0.3) is 0 Å². The van der Waals surface area contributed by atoms with Gasteiger partial charge in [0.2, 0.25) is 10.0 Å². The van der Waals surface area contributed by atoms with Gasteiger partial charge in [0.15, 0.2) is 9.84 Å². The van der Waals surface area contributed by atoms with E-state index in [1.165, 1.54) is 41.7 Å². The molecule has 0 atom stereocenters. The summed E-state index contributed by atoms with van der Waals surface area (Å²) in [5, 5.41) is 0. The Morgan fingerprint density at radius 2 is 1.69 bits per heavy atom. The third-order valence-corrected chi connectivity index (χ3v) is 8.96. The van der Waals surface area contributed by atoms with Crippen molar-refractivity contribution in [1.82, 2.24) is 9.21 Å². The number of rotatable bonds is 11. The van der Waals surface area contributed by atoms with Crippen LogP contribution in [0.25, 0.3) is 0 Å². The molecule has 0 amide bonds. The van der Waals surface area contributed by atoms with Crippen LogP contribution in [0.4, 0.5) is 8.78 Å². The molecule has 0 N–H and O–H groups in total. The van der Waals surface area contributed by atoms with Crippen LogP contribution in [0.5, 0.6) is 5.75 Å². The van der Waals surface area contributed by atoms with Gasteiger partial charge in [0.1, 0.15) is 5.75 Å². The molecule has 1 aliphatic rings. The van der Waals surface area contributed by atoms with Gasteiger partial charge in [-0.3, -0.25) is 4.90 Å². The van der Waals surface area contributed by atoms with Crippen molar-refractivity contribution in [1.29, 1.82) is 0 Å². The number of alkyl halides is 2. The van der Waals surface area contributed by atoms with E-state index in [2.05, 4.69) is 9.64 Å². The lowest BCUT2D eigenvalue weighted by Crippen LogP contribution is -2.48. The molecule has 1 aliphatic heterocycles. The number of sulfonamides is 1. The van der Waals surface area contributed by atoms with Crippen LogP contribution in [0.3, 0.4) is 0 Å². The predicted octanol–water partition coefficient (Wildman–Crippen LogP) is 2.99. The van der Waals surface area contributed by atoms with Crippen molar-refractivity contribution < 1.29 is 35.1 Å². The number of para-hydroxylation sites is 1. The molecule has 2 aromatic carbocycles. The van der Waals surface area contributed by atoms with Gasteiger partial charge >= 0.3 is 6.61 Å². The SMILES string of the molecule is COCCN(C1CCN(Cc2ccccc2OC(F)F)CC1)S(=O)(=O)c1cccc(S(C)(=O)=O)c1. The number of benzene rings is 2. The van der Waals surface area contributed by atoms with Crippen molar-refractivity contribution >= 4 is 19.9 Å². The summed E-state index contributed by atoms with van der Waals surface area (Å²) in [6, 6.07) is 11.6. The Balaban J connectivity index is 1.75. The third kappa shape index (κ3) is 7.20. The summed E-state index contributed by atoms with van der Waals surface area (Å²) in [5.74, 6) is 0.125. The van der Waals surface area contributed by atoms with Crippen molar-refractivity contribution in [3.8, 4) is 5.75 Å². The number of halogens is 2. The summed E-state index contributed by atoms with van der Waals surface area (Å²) in [6.07, 6.45) is 2.07. The highest BCUT2D eigenvalue weighted by atomic mass is 32.2. The summed E-state index contributed by atoms with van der Waals surface area (Å²) in [6.45, 7) is -1.10. The summed E-state index contributed by atoms with van der Waals surface area (Å²) in [5.41, 5.74) is 0.632. The van der Waals surface area contributed by atoms with E-state index in [0.29, 0.717) is 38.0 Å². The van der Waals surface area contributed by atoms with E-state index >= 15 is 0 Å². The van der Waals surface area contributed by atoms with Gasteiger partial charge in [0.05, 0.1) is 16.4 Å². The smallest absolute Gasteiger partial charge is 0.387 e. The van der Waals surface area contributed by atoms with E-state index in [1.807, 2.05) is 0 Å². The van der Waals surface area contributed by atoms with Crippen LogP contribution in [0, 0.1) is 0 Å². The zero-order chi connectivity index (χ0) is 25.6. The number of hydrogen-bond donors (Lipinski definition) is 0. The largest absolute Gasteiger partial charge is 0.434 e. The maximum Gasteiger partial charge on any atom is 0.387 e. The molecular weight excluding hydrogens is 502 g/mol. The maximum absolute atomic E-state index is 13.5. The van der Waals surface area contributed by atoms with Gasteiger partial charge in [-0.05, 0) is 37.1 Å². The van der Waals surface area contributed by atoms with Gasteiger partial charge in [-0.25, -0.2) is 16.8 Å². The van der Waals surface area contributed by atoms with Crippen LogP contribution in [-0.4, -0.2) is 78.3 Å². The number of piperidine rings is 1. The second kappa shape index (κ2) is 11.7. The lowest BCUT2D eigenvalue weighted by atomic mass is 10.0. The van der Waals surface area contributed by atoms with Crippen LogP contribution in [0.1, 0.15) is 18.4 Å². The molecule has 0 bridgehead atoms.